The monoisotopic (exact) mass is 414 g/mol. The lowest BCUT2D eigenvalue weighted by atomic mass is 10.00. The number of carbonyl (C=O) groups excluding carboxylic acids is 2. The minimum absolute atomic E-state index is 0.158. The summed E-state index contributed by atoms with van der Waals surface area (Å²) >= 11 is 0. The summed E-state index contributed by atoms with van der Waals surface area (Å²) in [5, 5.41) is 2.97. The van der Waals surface area contributed by atoms with Gasteiger partial charge in [0.15, 0.2) is 0 Å². The van der Waals surface area contributed by atoms with Crippen molar-refractivity contribution in [3.8, 4) is 11.1 Å². The van der Waals surface area contributed by atoms with Crippen LogP contribution in [0.1, 0.15) is 44.6 Å². The normalized spacial score (nSPS) is 17.6. The Morgan fingerprint density at radius 1 is 1.10 bits per heavy atom. The fourth-order valence-electron chi connectivity index (χ4n) is 3.87. The minimum atomic E-state index is -0.377. The number of aliphatic imine (C=N–C) groups is 1. The Labute approximate surface area is 182 Å². The summed E-state index contributed by atoms with van der Waals surface area (Å²) in [6.45, 7) is 2.10. The summed E-state index contributed by atoms with van der Waals surface area (Å²) in [6.07, 6.45) is 8.20. The number of benzene rings is 2. The number of allylic oxidation sites excluding steroid dienone is 2. The summed E-state index contributed by atoms with van der Waals surface area (Å²) in [7, 11) is 0. The predicted octanol–water partition coefficient (Wildman–Crippen LogP) is 5.54. The number of fused-ring (bicyclic) bond motifs is 1. The van der Waals surface area contributed by atoms with Gasteiger partial charge in [0.05, 0.1) is 17.9 Å². The Kier molecular flexibility index (Phi) is 6.41. The number of hydrogen-bond donors (Lipinski definition) is 1. The van der Waals surface area contributed by atoms with Crippen LogP contribution < -0.4 is 5.32 Å². The maximum absolute atomic E-state index is 12.7. The van der Waals surface area contributed by atoms with Crippen molar-refractivity contribution in [2.75, 3.05) is 11.9 Å². The van der Waals surface area contributed by atoms with Crippen LogP contribution in [-0.4, -0.2) is 24.2 Å². The molecule has 0 unspecified atom stereocenters. The molecular weight excluding hydrogens is 388 g/mol. The largest absolute Gasteiger partial charge is 0.462 e. The number of anilines is 1. The fraction of sp³-hybridized carbons (Fsp3) is 0.269. The molecule has 0 saturated carbocycles. The summed E-state index contributed by atoms with van der Waals surface area (Å²) in [5.74, 6) is -0.536. The molecule has 2 aromatic carbocycles. The zero-order valence-electron chi connectivity index (χ0n) is 17.7. The summed E-state index contributed by atoms with van der Waals surface area (Å²) in [6, 6.07) is 16.0. The van der Waals surface area contributed by atoms with Gasteiger partial charge in [-0.15, -0.1) is 0 Å². The molecule has 0 fully saturated rings. The van der Waals surface area contributed by atoms with Gasteiger partial charge in [0.2, 0.25) is 0 Å². The Bertz CT molecular complexity index is 1080. The van der Waals surface area contributed by atoms with E-state index in [2.05, 4.69) is 10.3 Å². The number of rotatable bonds is 4. The van der Waals surface area contributed by atoms with Crippen molar-refractivity contribution < 1.29 is 14.3 Å². The third kappa shape index (κ3) is 4.82. The molecule has 0 radical (unpaired) electrons. The van der Waals surface area contributed by atoms with E-state index in [9.17, 15) is 9.59 Å². The average Bonchev–Trinajstić information content (AvgIpc) is 3.15. The molecule has 5 heteroatoms. The topological polar surface area (TPSA) is 67.8 Å². The number of nitrogens with zero attached hydrogens (tertiary/aromatic N) is 1. The van der Waals surface area contributed by atoms with Gasteiger partial charge in [-0.2, -0.15) is 0 Å². The molecule has 5 nitrogen and oxygen atoms in total. The lowest BCUT2D eigenvalue weighted by molar-refractivity contribution is -0.135. The first-order valence-electron chi connectivity index (χ1n) is 10.8. The van der Waals surface area contributed by atoms with E-state index in [0.717, 1.165) is 48.1 Å². The highest BCUT2D eigenvalue weighted by molar-refractivity contribution is 6.37. The van der Waals surface area contributed by atoms with E-state index in [4.69, 9.17) is 4.74 Å². The molecule has 1 N–H and O–H groups in total. The Balaban J connectivity index is 1.69. The van der Waals surface area contributed by atoms with E-state index < -0.39 is 0 Å². The van der Waals surface area contributed by atoms with Gasteiger partial charge in [0.1, 0.15) is 5.71 Å². The molecule has 0 saturated heterocycles. The standard InChI is InChI=1S/C26H26N2O3/c1-2-31-26(30)23-13-9-4-3-8-12-20(27-23)17-22-21-15-14-19(16-24(21)28-25(22)29)18-10-6-5-7-11-18/h5-7,10-12,14-17H,2-4,8-9,13H2,1H3,(H,28,29). The van der Waals surface area contributed by atoms with Crippen LogP contribution in [0.3, 0.4) is 0 Å². The van der Waals surface area contributed by atoms with Crippen LogP contribution >= 0.6 is 0 Å². The predicted molar refractivity (Wildman–Crippen MR) is 124 cm³/mol. The third-order valence-corrected chi connectivity index (χ3v) is 5.45. The molecule has 4 rings (SSSR count). The molecule has 2 heterocycles. The van der Waals surface area contributed by atoms with Crippen LogP contribution in [0.4, 0.5) is 5.69 Å². The molecule has 0 aromatic heterocycles. The van der Waals surface area contributed by atoms with Crippen LogP contribution in [0.5, 0.6) is 0 Å². The van der Waals surface area contributed by atoms with Crippen molar-refractivity contribution in [2.45, 2.75) is 39.0 Å². The highest BCUT2D eigenvalue weighted by Crippen LogP contribution is 2.36. The van der Waals surface area contributed by atoms with E-state index in [1.54, 1.807) is 13.0 Å². The van der Waals surface area contributed by atoms with Gasteiger partial charge in [-0.25, -0.2) is 9.79 Å². The Hall–Kier alpha value is -3.47. The summed E-state index contributed by atoms with van der Waals surface area (Å²) in [4.78, 5) is 29.7. The van der Waals surface area contributed by atoms with E-state index >= 15 is 0 Å². The number of nitrogens with one attached hydrogen (secondary N) is 1. The van der Waals surface area contributed by atoms with Crippen molar-refractivity contribution in [1.29, 1.82) is 0 Å². The molecule has 158 valence electrons. The number of esters is 1. The zero-order valence-corrected chi connectivity index (χ0v) is 17.7. The lowest BCUT2D eigenvalue weighted by Gasteiger charge is -2.06. The average molecular weight is 415 g/mol. The van der Waals surface area contributed by atoms with Gasteiger partial charge >= 0.3 is 5.97 Å². The zero-order chi connectivity index (χ0) is 21.6. The van der Waals surface area contributed by atoms with E-state index in [-0.39, 0.29) is 11.9 Å². The van der Waals surface area contributed by atoms with Crippen LogP contribution in [0, 0.1) is 0 Å². The number of amides is 1. The molecule has 2 aliphatic rings. The Morgan fingerprint density at radius 3 is 2.74 bits per heavy atom. The molecule has 2 aromatic rings. The van der Waals surface area contributed by atoms with Crippen molar-refractivity contribution in [3.05, 3.63) is 71.9 Å². The first-order valence-corrected chi connectivity index (χ1v) is 10.8. The fourth-order valence-corrected chi connectivity index (χ4v) is 3.87. The summed E-state index contributed by atoms with van der Waals surface area (Å²) in [5.41, 5.74) is 5.39. The van der Waals surface area contributed by atoms with Crippen molar-refractivity contribution in [2.24, 2.45) is 4.99 Å². The second-order valence-electron chi connectivity index (χ2n) is 7.65. The van der Waals surface area contributed by atoms with Crippen LogP contribution in [0.25, 0.3) is 16.7 Å². The molecule has 1 amide bonds. The maximum Gasteiger partial charge on any atom is 0.352 e. The lowest BCUT2D eigenvalue weighted by Crippen LogP contribution is -2.17. The Morgan fingerprint density at radius 2 is 1.94 bits per heavy atom. The SMILES string of the molecule is CCOC(=O)C1=NC(C=C2C(=O)Nc3cc(-c4ccccc4)ccc32)=CCCCCC1. The van der Waals surface area contributed by atoms with Crippen molar-refractivity contribution >= 4 is 28.8 Å². The summed E-state index contributed by atoms with van der Waals surface area (Å²) < 4.78 is 5.17. The van der Waals surface area contributed by atoms with Gasteiger partial charge in [-0.1, -0.05) is 55.0 Å². The van der Waals surface area contributed by atoms with E-state index in [0.29, 0.717) is 30.0 Å². The van der Waals surface area contributed by atoms with Gasteiger partial charge in [-0.3, -0.25) is 4.79 Å². The van der Waals surface area contributed by atoms with E-state index in [1.165, 1.54) is 0 Å². The quantitative estimate of drug-likeness (QED) is 0.527. The van der Waals surface area contributed by atoms with Crippen molar-refractivity contribution in [3.63, 3.8) is 0 Å². The molecular formula is C26H26N2O3. The van der Waals surface area contributed by atoms with Crippen LogP contribution in [-0.2, 0) is 14.3 Å². The minimum Gasteiger partial charge on any atom is -0.462 e. The maximum atomic E-state index is 12.7. The smallest absolute Gasteiger partial charge is 0.352 e. The first kappa shape index (κ1) is 20.8. The second-order valence-corrected chi connectivity index (χ2v) is 7.65. The van der Waals surface area contributed by atoms with Crippen LogP contribution in [0.2, 0.25) is 0 Å². The van der Waals surface area contributed by atoms with Crippen molar-refractivity contribution in [1.82, 2.24) is 0 Å². The second kappa shape index (κ2) is 9.56. The highest BCUT2D eigenvalue weighted by Gasteiger charge is 2.25. The first-order chi connectivity index (χ1) is 15.2. The van der Waals surface area contributed by atoms with Gasteiger partial charge in [0.25, 0.3) is 5.91 Å². The third-order valence-electron chi connectivity index (χ3n) is 5.45. The molecule has 0 aliphatic carbocycles. The molecule has 0 bridgehead atoms. The number of ether oxygens (including phenoxy) is 1. The molecule has 0 atom stereocenters. The van der Waals surface area contributed by atoms with Gasteiger partial charge in [-0.05, 0) is 55.9 Å². The van der Waals surface area contributed by atoms with Gasteiger partial charge in [0, 0.05) is 11.3 Å². The van der Waals surface area contributed by atoms with Gasteiger partial charge < -0.3 is 10.1 Å². The van der Waals surface area contributed by atoms with E-state index in [1.807, 2.05) is 54.6 Å². The number of hydrogen-bond acceptors (Lipinski definition) is 4. The molecule has 0 spiro atoms. The number of carbonyl (C=O) groups is 2. The molecule has 2 aliphatic heterocycles. The van der Waals surface area contributed by atoms with Crippen LogP contribution in [0.15, 0.2) is 71.4 Å². The molecule has 31 heavy (non-hydrogen) atoms. The highest BCUT2D eigenvalue weighted by atomic mass is 16.5.